The van der Waals surface area contributed by atoms with E-state index in [2.05, 4.69) is 11.4 Å². The Balaban J connectivity index is 1.55. The summed E-state index contributed by atoms with van der Waals surface area (Å²) in [5.74, 6) is 0. The summed E-state index contributed by atoms with van der Waals surface area (Å²) in [5, 5.41) is 13.3. The van der Waals surface area contributed by atoms with E-state index in [0.717, 1.165) is 11.1 Å². The molecule has 0 aromatic heterocycles. The zero-order valence-corrected chi connectivity index (χ0v) is 20.5. The van der Waals surface area contributed by atoms with Gasteiger partial charge in [-0.15, -0.1) is 0 Å². The Bertz CT molecular complexity index is 1240. The fraction of sp³-hybridized carbons (Fsp3) is 0.345. The molecule has 0 aliphatic heterocycles. The second-order valence-electron chi connectivity index (χ2n) is 9.83. The first kappa shape index (κ1) is 27.7. The Morgan fingerprint density at radius 3 is 1.89 bits per heavy atom. The van der Waals surface area contributed by atoms with E-state index < -0.39 is 40.5 Å². The summed E-state index contributed by atoms with van der Waals surface area (Å²) >= 11 is 0. The molecule has 3 aromatic carbocycles. The molecule has 3 aromatic rings. The Kier molecular flexibility index (Phi) is 7.60. The van der Waals surface area contributed by atoms with Crippen LogP contribution < -0.4 is 5.32 Å². The van der Waals surface area contributed by atoms with Crippen LogP contribution in [-0.4, -0.2) is 12.1 Å². The molecule has 0 heterocycles. The van der Waals surface area contributed by atoms with Crippen LogP contribution in [0.4, 0.5) is 26.3 Å². The van der Waals surface area contributed by atoms with E-state index >= 15 is 0 Å². The van der Waals surface area contributed by atoms with Crippen LogP contribution in [0, 0.1) is 11.3 Å². The molecule has 0 radical (unpaired) electrons. The maximum Gasteiger partial charge on any atom is 0.416 e. The third kappa shape index (κ3) is 6.03. The lowest BCUT2D eigenvalue weighted by atomic mass is 9.55. The van der Waals surface area contributed by atoms with Crippen molar-refractivity contribution in [2.45, 2.75) is 55.7 Å². The molecule has 0 saturated heterocycles. The Morgan fingerprint density at radius 1 is 0.868 bits per heavy atom. The highest BCUT2D eigenvalue weighted by atomic mass is 19.4. The van der Waals surface area contributed by atoms with Gasteiger partial charge in [-0.2, -0.15) is 31.6 Å². The number of rotatable bonds is 8. The molecule has 1 aliphatic carbocycles. The molecular weight excluding hydrogens is 506 g/mol. The smallest absolute Gasteiger partial charge is 0.373 e. The minimum absolute atomic E-state index is 0.0201. The third-order valence-corrected chi connectivity index (χ3v) is 7.04. The monoisotopic (exact) mass is 532 g/mol. The lowest BCUT2D eigenvalue weighted by molar-refractivity contribution is -0.143. The molecule has 4 rings (SSSR count). The standard InChI is InChI=1S/C29H26F6N2O/c1-20(22-12-24(28(30,31)32)14-25(13-22)29(33,34)35)38-19-26(23-10-6-3-7-11-23)16-27(17-26,18-36)37-15-21-8-4-2-5-9-21/h2-14,20,37H,15-17,19H2,1H3. The van der Waals surface area contributed by atoms with Gasteiger partial charge < -0.3 is 4.74 Å². The summed E-state index contributed by atoms with van der Waals surface area (Å²) < 4.78 is 86.0. The zero-order chi connectivity index (χ0) is 27.6. The molecule has 200 valence electrons. The topological polar surface area (TPSA) is 45.0 Å². The molecule has 1 fully saturated rings. The maximum absolute atomic E-state index is 13.3. The van der Waals surface area contributed by atoms with Gasteiger partial charge in [0.15, 0.2) is 0 Å². The highest BCUT2D eigenvalue weighted by molar-refractivity contribution is 5.38. The molecule has 1 N–H and O–H groups in total. The molecule has 0 amide bonds. The van der Waals surface area contributed by atoms with Gasteiger partial charge in [0.25, 0.3) is 0 Å². The van der Waals surface area contributed by atoms with Crippen molar-refractivity contribution in [1.29, 1.82) is 5.26 Å². The van der Waals surface area contributed by atoms with Crippen molar-refractivity contribution in [1.82, 2.24) is 5.32 Å². The van der Waals surface area contributed by atoms with Gasteiger partial charge in [0.1, 0.15) is 5.54 Å². The summed E-state index contributed by atoms with van der Waals surface area (Å²) in [5.41, 5.74) is -2.57. The van der Waals surface area contributed by atoms with Crippen molar-refractivity contribution in [3.63, 3.8) is 0 Å². The highest BCUT2D eigenvalue weighted by Crippen LogP contribution is 2.51. The normalized spacial score (nSPS) is 22.4. The van der Waals surface area contributed by atoms with Crippen LogP contribution in [0.25, 0.3) is 0 Å². The number of halogens is 6. The first-order valence-corrected chi connectivity index (χ1v) is 12.0. The van der Waals surface area contributed by atoms with E-state index in [9.17, 15) is 31.6 Å². The number of ether oxygens (including phenoxy) is 1. The highest BCUT2D eigenvalue weighted by Gasteiger charge is 2.56. The van der Waals surface area contributed by atoms with Crippen LogP contribution in [0.15, 0.2) is 78.9 Å². The van der Waals surface area contributed by atoms with E-state index in [-0.39, 0.29) is 18.2 Å². The number of hydrogen-bond donors (Lipinski definition) is 1. The first-order chi connectivity index (χ1) is 17.9. The Hall–Kier alpha value is -3.35. The van der Waals surface area contributed by atoms with Crippen LogP contribution in [0.5, 0.6) is 0 Å². The minimum Gasteiger partial charge on any atom is -0.373 e. The lowest BCUT2D eigenvalue weighted by Gasteiger charge is -2.53. The zero-order valence-electron chi connectivity index (χ0n) is 20.5. The van der Waals surface area contributed by atoms with Crippen LogP contribution in [0.1, 0.15) is 53.7 Å². The lowest BCUT2D eigenvalue weighted by Crippen LogP contribution is -2.63. The van der Waals surface area contributed by atoms with Gasteiger partial charge in [-0.05, 0) is 54.7 Å². The van der Waals surface area contributed by atoms with Gasteiger partial charge in [-0.1, -0.05) is 60.7 Å². The van der Waals surface area contributed by atoms with Crippen molar-refractivity contribution in [2.75, 3.05) is 6.61 Å². The quantitative estimate of drug-likeness (QED) is 0.304. The Labute approximate surface area is 217 Å². The molecule has 1 saturated carbocycles. The second kappa shape index (κ2) is 10.4. The predicted molar refractivity (Wildman–Crippen MR) is 130 cm³/mol. The summed E-state index contributed by atoms with van der Waals surface area (Å²) in [6.07, 6.45) is -10.2. The maximum atomic E-state index is 13.3. The van der Waals surface area contributed by atoms with Gasteiger partial charge in [0, 0.05) is 12.0 Å². The molecule has 1 unspecified atom stereocenters. The van der Waals surface area contributed by atoms with Crippen LogP contribution in [-0.2, 0) is 29.0 Å². The van der Waals surface area contributed by atoms with Crippen LogP contribution in [0.3, 0.4) is 0 Å². The van der Waals surface area contributed by atoms with Gasteiger partial charge in [0.05, 0.1) is 29.9 Å². The average molecular weight is 533 g/mol. The number of nitriles is 1. The van der Waals surface area contributed by atoms with Crippen molar-refractivity contribution in [3.05, 3.63) is 107 Å². The molecule has 1 aliphatic rings. The van der Waals surface area contributed by atoms with Gasteiger partial charge in [-0.3, -0.25) is 5.32 Å². The van der Waals surface area contributed by atoms with Crippen molar-refractivity contribution < 1.29 is 31.1 Å². The molecule has 0 bridgehead atoms. The summed E-state index contributed by atoms with van der Waals surface area (Å²) in [6, 6.07) is 22.7. The third-order valence-electron chi connectivity index (χ3n) is 7.04. The van der Waals surface area contributed by atoms with E-state index in [1.165, 1.54) is 6.92 Å². The molecule has 9 heteroatoms. The van der Waals surface area contributed by atoms with Crippen molar-refractivity contribution >= 4 is 0 Å². The summed E-state index contributed by atoms with van der Waals surface area (Å²) in [4.78, 5) is 0. The SMILES string of the molecule is CC(OCC1(c2ccccc2)CC(C#N)(NCc2ccccc2)C1)c1cc(C(F)(F)F)cc(C(F)(F)F)c1. The van der Waals surface area contributed by atoms with E-state index in [1.54, 1.807) is 0 Å². The largest absolute Gasteiger partial charge is 0.416 e. The van der Waals surface area contributed by atoms with Crippen LogP contribution >= 0.6 is 0 Å². The van der Waals surface area contributed by atoms with Gasteiger partial charge in [-0.25, -0.2) is 0 Å². The molecular formula is C29H26F6N2O. The fourth-order valence-electron chi connectivity index (χ4n) is 4.99. The van der Waals surface area contributed by atoms with E-state index in [4.69, 9.17) is 4.74 Å². The number of hydrogen-bond acceptors (Lipinski definition) is 3. The van der Waals surface area contributed by atoms with E-state index in [0.29, 0.717) is 31.5 Å². The van der Waals surface area contributed by atoms with Crippen molar-refractivity contribution in [2.24, 2.45) is 0 Å². The molecule has 0 spiro atoms. The number of nitrogens with one attached hydrogen (secondary N) is 1. The summed E-state index contributed by atoms with van der Waals surface area (Å²) in [6.45, 7) is 1.92. The predicted octanol–water partition coefficient (Wildman–Crippen LogP) is 7.59. The first-order valence-electron chi connectivity index (χ1n) is 12.0. The van der Waals surface area contributed by atoms with Gasteiger partial charge in [0.2, 0.25) is 0 Å². The van der Waals surface area contributed by atoms with Gasteiger partial charge >= 0.3 is 12.4 Å². The number of benzene rings is 3. The molecule has 38 heavy (non-hydrogen) atoms. The van der Waals surface area contributed by atoms with Crippen LogP contribution in [0.2, 0.25) is 0 Å². The number of nitrogens with zero attached hydrogens (tertiary/aromatic N) is 1. The van der Waals surface area contributed by atoms with E-state index in [1.807, 2.05) is 60.7 Å². The second-order valence-corrected chi connectivity index (χ2v) is 9.83. The number of alkyl halides is 6. The molecule has 1 atom stereocenters. The summed E-state index contributed by atoms with van der Waals surface area (Å²) in [7, 11) is 0. The Morgan fingerprint density at radius 2 is 1.39 bits per heavy atom. The van der Waals surface area contributed by atoms with Crippen molar-refractivity contribution in [3.8, 4) is 6.07 Å². The molecule has 3 nitrogen and oxygen atoms in total. The minimum atomic E-state index is -4.94. The fourth-order valence-corrected chi connectivity index (χ4v) is 4.99. The average Bonchev–Trinajstić information content (AvgIpc) is 2.87.